The van der Waals surface area contributed by atoms with Crippen molar-refractivity contribution in [1.82, 2.24) is 19.5 Å². The standard InChI is InChI=1S/C31H18N3O2.C20H28NSi.Ir/c1-18-16-17-22-21-9-6-11-23(28(21)36-31(22)32-18)30-33-24-12-3-4-13-25(24)34(30)26-14-7-10-20-19-8-2-5-15-27(19)35-29(20)26;1-15-8-10-16(11-9-15)18-12-17(13-20(2,3)4)19(14-21-18)22(5,6)7;/h2-10,12-17H,1H3;8-10,12,14H,13H2,1-7H3;/q2*-1;/i;1D3,13D2;. The molecule has 5 aromatic heterocycles. The number of aromatic nitrogens is 4. The van der Waals surface area contributed by atoms with E-state index in [0.717, 1.165) is 77.3 Å². The number of benzene rings is 5. The van der Waals surface area contributed by atoms with Crippen molar-refractivity contribution in [2.45, 2.75) is 60.6 Å². The summed E-state index contributed by atoms with van der Waals surface area (Å²) in [5.41, 5.74) is 9.10. The molecule has 0 bridgehead atoms. The number of hydrogen-bond donors (Lipinski definition) is 0. The van der Waals surface area contributed by atoms with E-state index in [4.69, 9.17) is 20.7 Å². The van der Waals surface area contributed by atoms with Gasteiger partial charge in [-0.05, 0) is 66.0 Å². The monoisotopic (exact) mass is 972 g/mol. The molecule has 6 nitrogen and oxygen atoms in total. The van der Waals surface area contributed by atoms with Crippen LogP contribution in [0.25, 0.3) is 83.4 Å². The summed E-state index contributed by atoms with van der Waals surface area (Å²) in [7, 11) is -1.81. The first-order chi connectivity index (χ1) is 29.8. The van der Waals surface area contributed by atoms with Gasteiger partial charge in [0.05, 0.1) is 36.2 Å². The molecular weight excluding hydrogens is 921 g/mol. The molecule has 5 aromatic carbocycles. The molecular formula is C51H46IrN4O2Si-2. The maximum Gasteiger partial charge on any atom is 0.216 e. The predicted octanol–water partition coefficient (Wildman–Crippen LogP) is 13.0. The Balaban J connectivity index is 0.000000181. The average molecular weight is 972 g/mol. The van der Waals surface area contributed by atoms with Gasteiger partial charge in [0.1, 0.15) is 5.58 Å². The van der Waals surface area contributed by atoms with Gasteiger partial charge in [0.25, 0.3) is 0 Å². The molecule has 10 aromatic rings. The van der Waals surface area contributed by atoms with E-state index >= 15 is 0 Å². The maximum absolute atomic E-state index is 8.79. The van der Waals surface area contributed by atoms with Gasteiger partial charge in [-0.3, -0.25) is 4.98 Å². The molecule has 8 heteroatoms. The number of fused-ring (bicyclic) bond motifs is 7. The molecule has 5 heterocycles. The molecule has 0 fully saturated rings. The molecule has 0 saturated heterocycles. The summed E-state index contributed by atoms with van der Waals surface area (Å²) < 4.78 is 54.9. The molecule has 0 unspecified atom stereocenters. The van der Waals surface area contributed by atoms with Crippen molar-refractivity contribution < 1.29 is 35.8 Å². The predicted molar refractivity (Wildman–Crippen MR) is 242 cm³/mol. The van der Waals surface area contributed by atoms with Crippen molar-refractivity contribution in [3.63, 3.8) is 0 Å². The van der Waals surface area contributed by atoms with Crippen molar-refractivity contribution in [2.24, 2.45) is 5.41 Å². The van der Waals surface area contributed by atoms with Crippen molar-refractivity contribution in [3.05, 3.63) is 150 Å². The number of imidazole rings is 1. The van der Waals surface area contributed by atoms with E-state index in [2.05, 4.69) is 82.7 Å². The number of nitrogens with zero attached hydrogens (tertiary/aromatic N) is 4. The Morgan fingerprint density at radius 2 is 1.58 bits per heavy atom. The minimum absolute atomic E-state index is 0. The van der Waals surface area contributed by atoms with Crippen LogP contribution in [0.3, 0.4) is 0 Å². The van der Waals surface area contributed by atoms with Gasteiger partial charge >= 0.3 is 0 Å². The Kier molecular flexibility index (Phi) is 8.99. The van der Waals surface area contributed by atoms with Crippen LogP contribution in [0.1, 0.15) is 44.4 Å². The third kappa shape index (κ3) is 7.69. The van der Waals surface area contributed by atoms with Crippen LogP contribution in [-0.2, 0) is 26.5 Å². The number of hydrogen-bond acceptors (Lipinski definition) is 5. The van der Waals surface area contributed by atoms with Crippen LogP contribution >= 0.6 is 0 Å². The van der Waals surface area contributed by atoms with Crippen molar-refractivity contribution >= 4 is 68.3 Å². The summed E-state index contributed by atoms with van der Waals surface area (Å²) >= 11 is 0. The summed E-state index contributed by atoms with van der Waals surface area (Å²) in [5, 5.41) is 5.13. The molecule has 0 aliphatic rings. The Morgan fingerprint density at radius 3 is 2.36 bits per heavy atom. The second kappa shape index (κ2) is 15.5. The fourth-order valence-electron chi connectivity index (χ4n) is 7.52. The molecule has 0 aliphatic heterocycles. The van der Waals surface area contributed by atoms with Crippen LogP contribution in [-0.4, -0.2) is 27.6 Å². The molecule has 297 valence electrons. The van der Waals surface area contributed by atoms with Gasteiger partial charge in [0.2, 0.25) is 5.71 Å². The Bertz CT molecular complexity index is 3360. The summed E-state index contributed by atoms with van der Waals surface area (Å²) in [6, 6.07) is 43.5. The van der Waals surface area contributed by atoms with Crippen molar-refractivity contribution in [2.75, 3.05) is 0 Å². The number of furan rings is 2. The van der Waals surface area contributed by atoms with E-state index in [0.29, 0.717) is 22.5 Å². The maximum atomic E-state index is 8.79. The number of pyridine rings is 2. The minimum Gasteiger partial charge on any atom is -0.486 e. The number of rotatable bonds is 5. The van der Waals surface area contributed by atoms with E-state index < -0.39 is 26.7 Å². The third-order valence-corrected chi connectivity index (χ3v) is 12.2. The van der Waals surface area contributed by atoms with E-state index in [1.54, 1.807) is 18.3 Å². The first-order valence-electron chi connectivity index (χ1n) is 21.9. The Morgan fingerprint density at radius 1 is 0.797 bits per heavy atom. The minimum atomic E-state index is -2.17. The SMILES string of the molecule is Cc1ccc2c(n1)oc1c(-c3nc4ccccc4n3-c3cccc4c3oc3ccccc34)[c-]ccc12.[2H]C([2H])([2H])c1c[c-]c(-c2cc(C([2H])([2H])C(C)(C)C)c([Si](C)(C)C)cn2)cc1.[Ir]. The fourth-order valence-corrected chi connectivity index (χ4v) is 8.91. The molecule has 1 radical (unpaired) electrons. The average Bonchev–Trinajstić information content (AvgIpc) is 3.94. The van der Waals surface area contributed by atoms with Crippen LogP contribution in [0.2, 0.25) is 19.6 Å². The van der Waals surface area contributed by atoms with Gasteiger partial charge in [-0.1, -0.05) is 112 Å². The normalized spacial score (nSPS) is 13.7. The molecule has 0 atom stereocenters. The van der Waals surface area contributed by atoms with E-state index in [1.165, 1.54) is 6.07 Å². The van der Waals surface area contributed by atoms with Crippen molar-refractivity contribution in [3.8, 4) is 28.3 Å². The first kappa shape index (κ1) is 34.2. The van der Waals surface area contributed by atoms with Crippen LogP contribution in [0.15, 0.2) is 130 Å². The molecule has 59 heavy (non-hydrogen) atoms. The second-order valence-corrected chi connectivity index (χ2v) is 21.8. The molecule has 10 rings (SSSR count). The van der Waals surface area contributed by atoms with Gasteiger partial charge in [-0.15, -0.1) is 53.6 Å². The molecule has 0 aliphatic carbocycles. The summed E-state index contributed by atoms with van der Waals surface area (Å²) in [6.07, 6.45) is 0.269. The molecule has 0 amide bonds. The van der Waals surface area contributed by atoms with E-state index in [1.807, 2.05) is 88.4 Å². The quantitative estimate of drug-likeness (QED) is 0.127. The summed E-state index contributed by atoms with van der Waals surface area (Å²) in [5.74, 6) is 0.741. The fraction of sp³-hybridized carbons (Fsp3) is 0.196. The summed E-state index contributed by atoms with van der Waals surface area (Å²) in [6.45, 7) is 12.1. The zero-order chi connectivity index (χ0) is 44.6. The van der Waals surface area contributed by atoms with Gasteiger partial charge in [0.15, 0.2) is 5.58 Å². The number of aryl methyl sites for hydroxylation is 2. The Hall–Kier alpha value is -5.66. The van der Waals surface area contributed by atoms with E-state index in [-0.39, 0.29) is 25.7 Å². The van der Waals surface area contributed by atoms with Crippen LogP contribution in [0, 0.1) is 31.3 Å². The van der Waals surface area contributed by atoms with Crippen LogP contribution in [0.5, 0.6) is 0 Å². The zero-order valence-electron chi connectivity index (χ0n) is 39.0. The molecule has 0 N–H and O–H groups in total. The van der Waals surface area contributed by atoms with Gasteiger partial charge in [0, 0.05) is 55.0 Å². The van der Waals surface area contributed by atoms with Gasteiger partial charge in [-0.25, -0.2) is 4.98 Å². The van der Waals surface area contributed by atoms with Crippen LogP contribution in [0.4, 0.5) is 0 Å². The smallest absolute Gasteiger partial charge is 0.216 e. The molecule has 0 saturated carbocycles. The molecule has 0 spiro atoms. The van der Waals surface area contributed by atoms with Crippen molar-refractivity contribution in [1.29, 1.82) is 0 Å². The third-order valence-electron chi connectivity index (χ3n) is 10.2. The first-order valence-corrected chi connectivity index (χ1v) is 22.9. The largest absolute Gasteiger partial charge is 0.486 e. The van der Waals surface area contributed by atoms with Gasteiger partial charge < -0.3 is 18.4 Å². The van der Waals surface area contributed by atoms with Crippen LogP contribution < -0.4 is 5.19 Å². The second-order valence-electron chi connectivity index (χ2n) is 16.7. The summed E-state index contributed by atoms with van der Waals surface area (Å²) in [4.78, 5) is 14.2. The topological polar surface area (TPSA) is 69.9 Å². The number of para-hydroxylation sites is 4. The van der Waals surface area contributed by atoms with Gasteiger partial charge in [-0.2, -0.15) is 0 Å². The Labute approximate surface area is 366 Å². The van der Waals surface area contributed by atoms with E-state index in [9.17, 15) is 0 Å². The zero-order valence-corrected chi connectivity index (χ0v) is 37.4.